The van der Waals surface area contributed by atoms with Crippen molar-refractivity contribution in [3.8, 4) is 5.75 Å². The van der Waals surface area contributed by atoms with Crippen molar-refractivity contribution in [2.24, 2.45) is 7.05 Å². The van der Waals surface area contributed by atoms with Gasteiger partial charge >= 0.3 is 0 Å². The van der Waals surface area contributed by atoms with Crippen LogP contribution in [-0.4, -0.2) is 29.2 Å². The molecule has 34 heavy (non-hydrogen) atoms. The fourth-order valence-electron chi connectivity index (χ4n) is 3.40. The molecule has 1 heterocycles. The number of amides is 1. The van der Waals surface area contributed by atoms with Gasteiger partial charge in [-0.05, 0) is 42.5 Å². The quantitative estimate of drug-likeness (QED) is 0.350. The molecule has 0 saturated heterocycles. The Morgan fingerprint density at radius 3 is 2.53 bits per heavy atom. The number of nitrogens with one attached hydrogen (secondary N) is 2. The number of carbonyl (C=O) groups excluding carboxylic acids is 1. The van der Waals surface area contributed by atoms with Gasteiger partial charge in [0.15, 0.2) is 0 Å². The smallest absolute Gasteiger partial charge is 0.274 e. The minimum absolute atomic E-state index is 0.0897. The fraction of sp³-hybridized carbons (Fsp3) is 0.0870. The lowest BCUT2D eigenvalue weighted by Gasteiger charge is -2.12. The van der Waals surface area contributed by atoms with Crippen LogP contribution in [0.25, 0.3) is 10.8 Å². The average Bonchev–Trinajstić information content (AvgIpc) is 2.78. The van der Waals surface area contributed by atoms with E-state index in [9.17, 15) is 23.1 Å². The van der Waals surface area contributed by atoms with E-state index in [0.29, 0.717) is 21.5 Å². The molecule has 1 amide bonds. The van der Waals surface area contributed by atoms with Crippen molar-refractivity contribution >= 4 is 49.7 Å². The van der Waals surface area contributed by atoms with Crippen LogP contribution in [0.3, 0.4) is 0 Å². The summed E-state index contributed by atoms with van der Waals surface area (Å²) < 4.78 is 29.1. The van der Waals surface area contributed by atoms with Gasteiger partial charge in [-0.25, -0.2) is 13.1 Å². The Morgan fingerprint density at radius 1 is 1.06 bits per heavy atom. The van der Waals surface area contributed by atoms with Crippen molar-refractivity contribution in [3.05, 3.63) is 87.8 Å². The third-order valence-corrected chi connectivity index (χ3v) is 6.60. The number of aromatic hydroxyl groups is 1. The molecule has 3 aromatic carbocycles. The molecule has 0 spiro atoms. The number of aromatic nitrogens is 2. The monoisotopic (exact) mass is 498 g/mol. The van der Waals surface area contributed by atoms with E-state index in [0.717, 1.165) is 10.7 Å². The standard InChI is InChI=1S/C23H19ClN4O5S/c1-28-23(31)18-8-3-2-7-17(18)19(26-28)13-22(30)25-20-12-16(9-10-21(20)29)34(32,33)27-15-6-4-5-14(24)11-15/h2-12,27,29H,13H2,1H3,(H,25,30). The first-order chi connectivity index (χ1) is 16.1. The normalized spacial score (nSPS) is 11.4. The lowest BCUT2D eigenvalue weighted by molar-refractivity contribution is -0.115. The molecule has 9 nitrogen and oxygen atoms in total. The van der Waals surface area contributed by atoms with Crippen LogP contribution in [0.2, 0.25) is 5.02 Å². The van der Waals surface area contributed by atoms with E-state index in [2.05, 4.69) is 15.1 Å². The van der Waals surface area contributed by atoms with Crippen LogP contribution < -0.4 is 15.6 Å². The molecule has 4 rings (SSSR count). The van der Waals surface area contributed by atoms with Gasteiger partial charge in [-0.1, -0.05) is 35.9 Å². The molecule has 0 bridgehead atoms. The van der Waals surface area contributed by atoms with Crippen LogP contribution in [0.15, 0.2) is 76.4 Å². The molecule has 3 N–H and O–H groups in total. The molecule has 0 aliphatic carbocycles. The lowest BCUT2D eigenvalue weighted by atomic mass is 10.1. The van der Waals surface area contributed by atoms with Gasteiger partial charge in [0, 0.05) is 17.5 Å². The maximum Gasteiger partial charge on any atom is 0.274 e. The average molecular weight is 499 g/mol. The molecule has 0 saturated carbocycles. The number of carbonyl (C=O) groups is 1. The van der Waals surface area contributed by atoms with E-state index in [1.807, 2.05) is 0 Å². The van der Waals surface area contributed by atoms with E-state index < -0.39 is 15.9 Å². The van der Waals surface area contributed by atoms with Gasteiger partial charge in [-0.2, -0.15) is 5.10 Å². The molecule has 174 valence electrons. The topological polar surface area (TPSA) is 130 Å². The van der Waals surface area contributed by atoms with E-state index in [1.54, 1.807) is 36.4 Å². The highest BCUT2D eigenvalue weighted by Crippen LogP contribution is 2.28. The molecule has 0 radical (unpaired) electrons. The van der Waals surface area contributed by atoms with Crippen LogP contribution in [0.1, 0.15) is 5.69 Å². The summed E-state index contributed by atoms with van der Waals surface area (Å²) in [5.74, 6) is -0.864. The second-order valence-corrected chi connectivity index (χ2v) is 9.56. The Bertz CT molecular complexity index is 1580. The van der Waals surface area contributed by atoms with Crippen molar-refractivity contribution in [2.45, 2.75) is 11.3 Å². The number of hydrogen-bond acceptors (Lipinski definition) is 6. The number of nitrogens with zero attached hydrogens (tertiary/aromatic N) is 2. The number of sulfonamides is 1. The second kappa shape index (κ2) is 9.16. The molecule has 0 fully saturated rings. The number of anilines is 2. The van der Waals surface area contributed by atoms with Crippen LogP contribution in [0.5, 0.6) is 5.75 Å². The minimum Gasteiger partial charge on any atom is -0.506 e. The summed E-state index contributed by atoms with van der Waals surface area (Å²) in [6.07, 6.45) is -0.203. The SMILES string of the molecule is Cn1nc(CC(=O)Nc2cc(S(=O)(=O)Nc3cccc(Cl)c3)ccc2O)c2ccccc2c1=O. The number of hydrogen-bond donors (Lipinski definition) is 3. The van der Waals surface area contributed by atoms with Gasteiger partial charge in [0.1, 0.15) is 5.75 Å². The molecule has 1 aromatic heterocycles. The molecule has 0 atom stereocenters. The zero-order valence-electron chi connectivity index (χ0n) is 17.8. The number of benzene rings is 3. The number of rotatable bonds is 6. The summed E-state index contributed by atoms with van der Waals surface area (Å²) in [5.41, 5.74) is 0.246. The summed E-state index contributed by atoms with van der Waals surface area (Å²) in [6, 6.07) is 16.5. The number of phenolic OH excluding ortho intramolecular Hbond substituents is 1. The summed E-state index contributed by atoms with van der Waals surface area (Å²) in [4.78, 5) is 24.8. The van der Waals surface area contributed by atoms with Crippen LogP contribution in [0, 0.1) is 0 Å². The number of fused-ring (bicyclic) bond motifs is 1. The highest BCUT2D eigenvalue weighted by Gasteiger charge is 2.19. The Hall–Kier alpha value is -3.89. The van der Waals surface area contributed by atoms with Crippen LogP contribution in [-0.2, 0) is 28.3 Å². The van der Waals surface area contributed by atoms with Gasteiger partial charge in [-0.15, -0.1) is 0 Å². The first kappa shape index (κ1) is 23.3. The number of phenols is 1. The number of aryl methyl sites for hydroxylation is 1. The first-order valence-corrected chi connectivity index (χ1v) is 11.9. The van der Waals surface area contributed by atoms with Crippen molar-refractivity contribution in [2.75, 3.05) is 10.0 Å². The third-order valence-electron chi connectivity index (χ3n) is 4.99. The zero-order valence-corrected chi connectivity index (χ0v) is 19.4. The van der Waals surface area contributed by atoms with Gasteiger partial charge < -0.3 is 10.4 Å². The molecule has 0 aliphatic heterocycles. The van der Waals surface area contributed by atoms with Crippen molar-refractivity contribution in [1.29, 1.82) is 0 Å². The molecule has 11 heteroatoms. The highest BCUT2D eigenvalue weighted by molar-refractivity contribution is 7.92. The molecular weight excluding hydrogens is 480 g/mol. The Balaban J connectivity index is 1.59. The Morgan fingerprint density at radius 2 is 1.79 bits per heavy atom. The van der Waals surface area contributed by atoms with Gasteiger partial charge in [0.05, 0.1) is 33.8 Å². The van der Waals surface area contributed by atoms with Gasteiger partial charge in [-0.3, -0.25) is 14.3 Å². The molecular formula is C23H19ClN4O5S. The van der Waals surface area contributed by atoms with Crippen molar-refractivity contribution in [1.82, 2.24) is 9.78 Å². The third kappa shape index (κ3) is 4.87. The van der Waals surface area contributed by atoms with Crippen molar-refractivity contribution in [3.63, 3.8) is 0 Å². The predicted octanol–water partition coefficient (Wildman–Crippen LogP) is 3.27. The maximum atomic E-state index is 12.8. The minimum atomic E-state index is -4.02. The molecule has 0 unspecified atom stereocenters. The van der Waals surface area contributed by atoms with Gasteiger partial charge in [0.2, 0.25) is 5.91 Å². The summed E-state index contributed by atoms with van der Waals surface area (Å²) in [6.45, 7) is 0. The van der Waals surface area contributed by atoms with Gasteiger partial charge in [0.25, 0.3) is 15.6 Å². The van der Waals surface area contributed by atoms with E-state index >= 15 is 0 Å². The maximum absolute atomic E-state index is 12.8. The molecule has 0 aliphatic rings. The van der Waals surface area contributed by atoms with Crippen LogP contribution >= 0.6 is 11.6 Å². The number of halogens is 1. The van der Waals surface area contributed by atoms with E-state index in [-0.39, 0.29) is 34.0 Å². The highest BCUT2D eigenvalue weighted by atomic mass is 35.5. The van der Waals surface area contributed by atoms with E-state index in [1.165, 1.54) is 31.3 Å². The van der Waals surface area contributed by atoms with Crippen LogP contribution in [0.4, 0.5) is 11.4 Å². The lowest BCUT2D eigenvalue weighted by Crippen LogP contribution is -2.24. The summed E-state index contributed by atoms with van der Waals surface area (Å²) in [5, 5.41) is 18.2. The predicted molar refractivity (Wildman–Crippen MR) is 130 cm³/mol. The molecule has 4 aromatic rings. The van der Waals surface area contributed by atoms with Crippen molar-refractivity contribution < 1.29 is 18.3 Å². The first-order valence-electron chi connectivity index (χ1n) is 10.0. The second-order valence-electron chi connectivity index (χ2n) is 7.44. The zero-order chi connectivity index (χ0) is 24.5. The largest absolute Gasteiger partial charge is 0.506 e. The van der Waals surface area contributed by atoms with E-state index in [4.69, 9.17) is 11.6 Å². The summed E-state index contributed by atoms with van der Waals surface area (Å²) in [7, 11) is -2.54. The fourth-order valence-corrected chi connectivity index (χ4v) is 4.67. The Labute approximate surface area is 199 Å². The summed E-state index contributed by atoms with van der Waals surface area (Å²) >= 11 is 5.90. The Kier molecular flexibility index (Phi) is 6.27.